The second-order valence-electron chi connectivity index (χ2n) is 13.8. The largest absolute Gasteiger partial charge is 0.461 e. The van der Waals surface area contributed by atoms with E-state index in [1.54, 1.807) is 6.92 Å². The van der Waals surface area contributed by atoms with Crippen molar-refractivity contribution >= 4 is 5.97 Å². The van der Waals surface area contributed by atoms with Gasteiger partial charge < -0.3 is 14.6 Å². The molecule has 5 unspecified atom stereocenters. The lowest BCUT2D eigenvalue weighted by Crippen LogP contribution is -2.61. The molecular formula is C30H50N2O4. The Bertz CT molecular complexity index is 811. The van der Waals surface area contributed by atoms with Crippen molar-refractivity contribution in [3.05, 3.63) is 0 Å². The van der Waals surface area contributed by atoms with Gasteiger partial charge in [-0.25, -0.2) is 0 Å². The molecule has 0 amide bonds. The Labute approximate surface area is 218 Å². The van der Waals surface area contributed by atoms with Crippen LogP contribution in [0.4, 0.5) is 0 Å². The minimum atomic E-state index is -0.173. The zero-order chi connectivity index (χ0) is 25.1. The van der Waals surface area contributed by atoms with Crippen molar-refractivity contribution in [3.8, 4) is 0 Å². The molecule has 0 spiro atoms. The molecule has 4 aliphatic carbocycles. The van der Waals surface area contributed by atoms with Gasteiger partial charge in [0.25, 0.3) is 0 Å². The van der Waals surface area contributed by atoms with Crippen molar-refractivity contribution in [3.63, 3.8) is 0 Å². The Hall–Kier alpha value is -0.690. The zero-order valence-electron chi connectivity index (χ0n) is 23.0. The lowest BCUT2D eigenvalue weighted by Gasteiger charge is -2.62. The van der Waals surface area contributed by atoms with E-state index in [0.29, 0.717) is 23.9 Å². The summed E-state index contributed by atoms with van der Waals surface area (Å²) in [5.74, 6) is 2.60. The first kappa shape index (κ1) is 25.6. The van der Waals surface area contributed by atoms with E-state index in [-0.39, 0.29) is 29.0 Å². The van der Waals surface area contributed by atoms with Gasteiger partial charge in [0.05, 0.1) is 19.3 Å². The lowest BCUT2D eigenvalue weighted by molar-refractivity contribution is -0.178. The molecule has 0 radical (unpaired) electrons. The molecule has 2 aliphatic heterocycles. The minimum absolute atomic E-state index is 0.0147. The van der Waals surface area contributed by atoms with Gasteiger partial charge in [-0.1, -0.05) is 20.3 Å². The monoisotopic (exact) mass is 502 g/mol. The highest BCUT2D eigenvalue weighted by Gasteiger charge is 2.64. The summed E-state index contributed by atoms with van der Waals surface area (Å²) in [6.45, 7) is 12.4. The standard InChI is InChI=1S/C30H50N2O4/c1-20(33)36-27-17-21-7-8-22-23(30(21,3)19-26(27)32-13-15-35-16-14-32)9-10-29(2)24(22)18-25(28(29)34)31-11-5-4-6-12-31/h21-28,34H,4-19H2,1-3H3/t21?,22-,23-,24+,25?,26?,27?,28?,29+,30+/m1/s1. The first-order chi connectivity index (χ1) is 17.3. The van der Waals surface area contributed by atoms with Crippen molar-refractivity contribution in [1.82, 2.24) is 9.80 Å². The topological polar surface area (TPSA) is 62.2 Å². The first-order valence-corrected chi connectivity index (χ1v) is 15.2. The molecule has 10 atom stereocenters. The van der Waals surface area contributed by atoms with E-state index in [1.807, 2.05) is 0 Å². The maximum atomic E-state index is 12.1. The fourth-order valence-corrected chi connectivity index (χ4v) is 10.5. The fraction of sp³-hybridized carbons (Fsp3) is 0.967. The number of hydrogen-bond donors (Lipinski definition) is 1. The summed E-state index contributed by atoms with van der Waals surface area (Å²) in [6, 6.07) is 0.673. The first-order valence-electron chi connectivity index (χ1n) is 15.2. The number of morpholine rings is 1. The molecule has 1 N–H and O–H groups in total. The van der Waals surface area contributed by atoms with E-state index in [1.165, 1.54) is 64.5 Å². The van der Waals surface area contributed by atoms with Crippen molar-refractivity contribution in [1.29, 1.82) is 0 Å². The minimum Gasteiger partial charge on any atom is -0.461 e. The highest BCUT2D eigenvalue weighted by Crippen LogP contribution is 2.67. The molecule has 0 aromatic heterocycles. The zero-order valence-corrected chi connectivity index (χ0v) is 23.0. The third-order valence-electron chi connectivity index (χ3n) is 12.3. The summed E-state index contributed by atoms with van der Waals surface area (Å²) >= 11 is 0. The molecule has 2 saturated heterocycles. The number of piperidine rings is 1. The van der Waals surface area contributed by atoms with E-state index in [4.69, 9.17) is 9.47 Å². The van der Waals surface area contributed by atoms with E-state index < -0.39 is 0 Å². The molecule has 6 nitrogen and oxygen atoms in total. The van der Waals surface area contributed by atoms with Crippen LogP contribution < -0.4 is 0 Å². The number of aliphatic hydroxyl groups is 1. The molecule has 2 heterocycles. The van der Waals surface area contributed by atoms with Crippen LogP contribution in [0.3, 0.4) is 0 Å². The molecule has 0 bridgehead atoms. The van der Waals surface area contributed by atoms with Crippen LogP contribution in [0.5, 0.6) is 0 Å². The Morgan fingerprint density at radius 3 is 2.33 bits per heavy atom. The van der Waals surface area contributed by atoms with Gasteiger partial charge >= 0.3 is 5.97 Å². The summed E-state index contributed by atoms with van der Waals surface area (Å²) < 4.78 is 11.7. The van der Waals surface area contributed by atoms with Gasteiger partial charge in [0.2, 0.25) is 0 Å². The summed E-state index contributed by atoms with van der Waals surface area (Å²) in [7, 11) is 0. The van der Waals surface area contributed by atoms with E-state index in [0.717, 1.165) is 51.0 Å². The van der Waals surface area contributed by atoms with E-state index in [9.17, 15) is 9.90 Å². The molecule has 6 rings (SSSR count). The van der Waals surface area contributed by atoms with Crippen LogP contribution in [-0.4, -0.2) is 84.6 Å². The summed E-state index contributed by atoms with van der Waals surface area (Å²) in [6.07, 6.45) is 12.1. The van der Waals surface area contributed by atoms with Gasteiger partial charge in [0.1, 0.15) is 6.10 Å². The van der Waals surface area contributed by atoms with Crippen LogP contribution in [0, 0.1) is 34.5 Å². The normalized spacial score (nSPS) is 50.1. The van der Waals surface area contributed by atoms with E-state index >= 15 is 0 Å². The second kappa shape index (κ2) is 9.81. The van der Waals surface area contributed by atoms with Crippen molar-refractivity contribution in [2.24, 2.45) is 34.5 Å². The average molecular weight is 503 g/mol. The number of carbonyl (C=O) groups is 1. The molecule has 36 heavy (non-hydrogen) atoms. The Morgan fingerprint density at radius 2 is 1.61 bits per heavy atom. The van der Waals surface area contributed by atoms with Gasteiger partial charge in [-0.2, -0.15) is 0 Å². The Balaban J connectivity index is 1.25. The van der Waals surface area contributed by atoms with Crippen LogP contribution in [0.1, 0.15) is 85.0 Å². The molecular weight excluding hydrogens is 452 g/mol. The quantitative estimate of drug-likeness (QED) is 0.587. The number of aliphatic hydroxyl groups excluding tert-OH is 1. The smallest absolute Gasteiger partial charge is 0.302 e. The predicted molar refractivity (Wildman–Crippen MR) is 139 cm³/mol. The number of nitrogens with zero attached hydrogens (tertiary/aromatic N) is 2. The lowest BCUT2D eigenvalue weighted by atomic mass is 9.44. The molecule has 6 fully saturated rings. The molecule has 4 saturated carbocycles. The molecule has 0 aromatic carbocycles. The number of esters is 1. The van der Waals surface area contributed by atoms with Crippen molar-refractivity contribution in [2.75, 3.05) is 39.4 Å². The van der Waals surface area contributed by atoms with Crippen LogP contribution in [-0.2, 0) is 14.3 Å². The summed E-state index contributed by atoms with van der Waals surface area (Å²) in [5, 5.41) is 11.7. The summed E-state index contributed by atoms with van der Waals surface area (Å²) in [4.78, 5) is 17.3. The van der Waals surface area contributed by atoms with Crippen LogP contribution in [0.25, 0.3) is 0 Å². The highest BCUT2D eigenvalue weighted by atomic mass is 16.5. The molecule has 0 aromatic rings. The predicted octanol–water partition coefficient (Wildman–Crippen LogP) is 4.10. The van der Waals surface area contributed by atoms with Crippen LogP contribution >= 0.6 is 0 Å². The van der Waals surface area contributed by atoms with Crippen molar-refractivity contribution < 1.29 is 19.4 Å². The van der Waals surface area contributed by atoms with Gasteiger partial charge in [0, 0.05) is 32.1 Å². The van der Waals surface area contributed by atoms with E-state index in [2.05, 4.69) is 23.6 Å². The SMILES string of the molecule is CC(=O)OC1CC2CC[C@@H]3[C@@H](CC[C@]4(C)C(O)C(N5CCCCC5)C[C@@H]34)[C@@]2(C)CC1N1CCOCC1. The maximum absolute atomic E-state index is 12.1. The molecule has 204 valence electrons. The fourth-order valence-electron chi connectivity index (χ4n) is 10.5. The molecule has 6 aliphatic rings. The number of hydrogen-bond acceptors (Lipinski definition) is 6. The molecule has 6 heteroatoms. The Morgan fingerprint density at radius 1 is 0.889 bits per heavy atom. The summed E-state index contributed by atoms with van der Waals surface area (Å²) in [5.41, 5.74) is 0.364. The third kappa shape index (κ3) is 4.17. The van der Waals surface area contributed by atoms with Crippen LogP contribution in [0.2, 0.25) is 0 Å². The van der Waals surface area contributed by atoms with Crippen molar-refractivity contribution in [2.45, 2.75) is 109 Å². The van der Waals surface area contributed by atoms with Gasteiger partial charge in [-0.05, 0) is 105 Å². The number of carbonyl (C=O) groups excluding carboxylic acids is 1. The van der Waals surface area contributed by atoms with Crippen LogP contribution in [0.15, 0.2) is 0 Å². The number of rotatable bonds is 3. The maximum Gasteiger partial charge on any atom is 0.302 e. The highest BCUT2D eigenvalue weighted by molar-refractivity contribution is 5.66. The van der Waals surface area contributed by atoms with Gasteiger partial charge in [-0.3, -0.25) is 14.6 Å². The second-order valence-corrected chi connectivity index (χ2v) is 13.8. The average Bonchev–Trinajstić information content (AvgIpc) is 3.15. The third-order valence-corrected chi connectivity index (χ3v) is 12.3. The number of ether oxygens (including phenoxy) is 2. The Kier molecular flexibility index (Phi) is 6.97. The van der Waals surface area contributed by atoms with Gasteiger partial charge in [-0.15, -0.1) is 0 Å². The van der Waals surface area contributed by atoms with Gasteiger partial charge in [0.15, 0.2) is 0 Å². The number of likely N-dealkylation sites (tertiary alicyclic amines) is 1. The number of fused-ring (bicyclic) bond motifs is 5.